The molecule has 0 unspecified atom stereocenters. The second-order valence-corrected chi connectivity index (χ2v) is 5.49. The zero-order valence-corrected chi connectivity index (χ0v) is 12.0. The van der Waals surface area contributed by atoms with Gasteiger partial charge in [-0.05, 0) is 36.8 Å². The van der Waals surface area contributed by atoms with E-state index in [1.54, 1.807) is 6.07 Å². The summed E-state index contributed by atoms with van der Waals surface area (Å²) >= 11 is 0. The number of rotatable bonds is 6. The lowest BCUT2D eigenvalue weighted by Crippen LogP contribution is -2.41. The quantitative estimate of drug-likeness (QED) is 0.423. The van der Waals surface area contributed by atoms with Crippen molar-refractivity contribution in [1.82, 2.24) is 5.32 Å². The van der Waals surface area contributed by atoms with Gasteiger partial charge in [0.2, 0.25) is 0 Å². The monoisotopic (exact) mass is 292 g/mol. The highest BCUT2D eigenvalue weighted by Crippen LogP contribution is 2.43. The summed E-state index contributed by atoms with van der Waals surface area (Å²) in [5.74, 6) is 4.83. The first-order valence-corrected chi connectivity index (χ1v) is 7.05. The Balaban J connectivity index is 2.17. The maximum absolute atomic E-state index is 12.3. The average Bonchev–Trinajstić information content (AvgIpc) is 2.45. The van der Waals surface area contributed by atoms with Crippen LogP contribution in [0.2, 0.25) is 0 Å². The van der Waals surface area contributed by atoms with Gasteiger partial charge in [0.05, 0.1) is 4.92 Å². The molecule has 0 aliphatic heterocycles. The fraction of sp³-hybridized carbons (Fsp3) is 0.500. The zero-order chi connectivity index (χ0) is 15.5. The van der Waals surface area contributed by atoms with E-state index in [-0.39, 0.29) is 22.4 Å². The second kappa shape index (κ2) is 6.09. The van der Waals surface area contributed by atoms with E-state index >= 15 is 0 Å². The zero-order valence-electron chi connectivity index (χ0n) is 12.0. The van der Waals surface area contributed by atoms with Gasteiger partial charge in [-0.2, -0.15) is 0 Å². The third kappa shape index (κ3) is 2.97. The number of nitrogen functional groups attached to an aromatic ring is 1. The number of nitrogens with two attached hydrogens (primary N) is 1. The molecule has 1 aromatic rings. The molecule has 4 N–H and O–H groups in total. The Morgan fingerprint density at radius 2 is 2.19 bits per heavy atom. The van der Waals surface area contributed by atoms with Gasteiger partial charge in [0.1, 0.15) is 11.3 Å². The van der Waals surface area contributed by atoms with Gasteiger partial charge in [-0.1, -0.05) is 19.4 Å². The van der Waals surface area contributed by atoms with Gasteiger partial charge in [-0.15, -0.1) is 0 Å². The lowest BCUT2D eigenvalue weighted by atomic mass is 9.67. The van der Waals surface area contributed by atoms with E-state index in [1.807, 2.05) is 0 Å². The second-order valence-electron chi connectivity index (χ2n) is 5.49. The van der Waals surface area contributed by atoms with Crippen LogP contribution in [0.25, 0.3) is 0 Å². The van der Waals surface area contributed by atoms with Gasteiger partial charge in [0.25, 0.3) is 5.91 Å². The Bertz CT molecular complexity index is 550. The molecule has 0 bridgehead atoms. The van der Waals surface area contributed by atoms with Crippen LogP contribution in [0.1, 0.15) is 43.0 Å². The molecule has 0 atom stereocenters. The van der Waals surface area contributed by atoms with E-state index in [0.29, 0.717) is 6.54 Å². The number of hydrogen-bond acceptors (Lipinski definition) is 5. The van der Waals surface area contributed by atoms with E-state index in [4.69, 9.17) is 5.84 Å². The summed E-state index contributed by atoms with van der Waals surface area (Å²) in [4.78, 5) is 22.8. The van der Waals surface area contributed by atoms with Crippen LogP contribution in [-0.4, -0.2) is 17.4 Å². The summed E-state index contributed by atoms with van der Waals surface area (Å²) in [6, 6.07) is 4.47. The molecule has 7 nitrogen and oxygen atoms in total. The molecule has 1 saturated carbocycles. The molecule has 1 aromatic carbocycles. The molecule has 0 aromatic heterocycles. The third-order valence-electron chi connectivity index (χ3n) is 4.41. The van der Waals surface area contributed by atoms with Crippen LogP contribution in [-0.2, 0) is 0 Å². The first-order chi connectivity index (χ1) is 10.0. The highest BCUT2D eigenvalue weighted by Gasteiger charge is 2.35. The van der Waals surface area contributed by atoms with Crippen LogP contribution < -0.4 is 16.6 Å². The number of nitrogens with one attached hydrogen (secondary N) is 2. The molecule has 21 heavy (non-hydrogen) atoms. The first kappa shape index (κ1) is 15.2. The van der Waals surface area contributed by atoms with Crippen molar-refractivity contribution >= 4 is 17.3 Å². The Morgan fingerprint density at radius 1 is 1.48 bits per heavy atom. The number of benzene rings is 1. The molecular formula is C14H20N4O3. The van der Waals surface area contributed by atoms with Crippen LogP contribution in [0.4, 0.5) is 11.4 Å². The summed E-state index contributed by atoms with van der Waals surface area (Å²) in [5, 5.41) is 14.0. The Morgan fingerprint density at radius 3 is 2.67 bits per heavy atom. The molecule has 0 heterocycles. The van der Waals surface area contributed by atoms with Crippen molar-refractivity contribution in [2.45, 2.75) is 32.6 Å². The smallest absolute Gasteiger partial charge is 0.306 e. The number of nitro groups is 1. The lowest BCUT2D eigenvalue weighted by Gasteiger charge is -2.41. The van der Waals surface area contributed by atoms with Gasteiger partial charge >= 0.3 is 5.69 Å². The molecule has 0 spiro atoms. The van der Waals surface area contributed by atoms with Crippen LogP contribution >= 0.6 is 0 Å². The summed E-state index contributed by atoms with van der Waals surface area (Å²) in [7, 11) is 0. The minimum Gasteiger partial charge on any atom is -0.351 e. The van der Waals surface area contributed by atoms with E-state index in [1.165, 1.54) is 18.6 Å². The number of amides is 1. The number of hydrazine groups is 1. The van der Waals surface area contributed by atoms with E-state index in [9.17, 15) is 14.9 Å². The molecule has 0 saturated heterocycles. The Labute approximate surface area is 123 Å². The summed E-state index contributed by atoms with van der Waals surface area (Å²) < 4.78 is 0. The Kier molecular flexibility index (Phi) is 4.42. The highest BCUT2D eigenvalue weighted by molar-refractivity contribution is 6.00. The van der Waals surface area contributed by atoms with Crippen molar-refractivity contribution in [2.24, 2.45) is 11.3 Å². The lowest BCUT2D eigenvalue weighted by molar-refractivity contribution is -0.384. The van der Waals surface area contributed by atoms with Crippen molar-refractivity contribution < 1.29 is 9.72 Å². The highest BCUT2D eigenvalue weighted by atomic mass is 16.6. The van der Waals surface area contributed by atoms with Crippen LogP contribution in [0.3, 0.4) is 0 Å². The van der Waals surface area contributed by atoms with Gasteiger partial charge < -0.3 is 10.7 Å². The molecule has 7 heteroatoms. The molecule has 2 rings (SSSR count). The standard InChI is InChI=1S/C14H20N4O3/c1-2-14(7-4-8-14)9-16-13(19)10-5-3-6-11(17-15)12(10)18(20)21/h3,5-6,17H,2,4,7-9,15H2,1H3,(H,16,19). The van der Waals surface area contributed by atoms with E-state index in [2.05, 4.69) is 17.7 Å². The average molecular weight is 292 g/mol. The predicted octanol–water partition coefficient (Wildman–Crippen LogP) is 2.19. The SMILES string of the molecule is CCC1(CNC(=O)c2cccc(NN)c2[N+](=O)[O-])CCC1. The Hall–Kier alpha value is -2.15. The summed E-state index contributed by atoms with van der Waals surface area (Å²) in [5.41, 5.74) is 2.28. The summed E-state index contributed by atoms with van der Waals surface area (Å²) in [6.45, 7) is 2.66. The number of para-hydroxylation sites is 1. The number of nitro benzene ring substituents is 1. The number of nitrogens with zero attached hydrogens (tertiary/aromatic N) is 1. The van der Waals surface area contributed by atoms with Gasteiger partial charge in [0, 0.05) is 6.54 Å². The van der Waals surface area contributed by atoms with Crippen LogP contribution in [0, 0.1) is 15.5 Å². The van der Waals surface area contributed by atoms with Gasteiger partial charge in [0.15, 0.2) is 0 Å². The van der Waals surface area contributed by atoms with Crippen molar-refractivity contribution in [2.75, 3.05) is 12.0 Å². The number of carbonyl (C=O) groups excluding carboxylic acids is 1. The minimum atomic E-state index is -0.594. The van der Waals surface area contributed by atoms with Crippen LogP contribution in [0.5, 0.6) is 0 Å². The molecular weight excluding hydrogens is 272 g/mol. The molecule has 1 aliphatic carbocycles. The van der Waals surface area contributed by atoms with Gasteiger partial charge in [-0.3, -0.25) is 20.8 Å². The maximum Gasteiger partial charge on any atom is 0.306 e. The molecule has 0 radical (unpaired) electrons. The van der Waals surface area contributed by atoms with Crippen molar-refractivity contribution in [3.8, 4) is 0 Å². The van der Waals surface area contributed by atoms with Gasteiger partial charge in [-0.25, -0.2) is 0 Å². The third-order valence-corrected chi connectivity index (χ3v) is 4.41. The molecule has 1 amide bonds. The molecule has 114 valence electrons. The van der Waals surface area contributed by atoms with Crippen molar-refractivity contribution in [1.29, 1.82) is 0 Å². The van der Waals surface area contributed by atoms with E-state index in [0.717, 1.165) is 19.3 Å². The van der Waals surface area contributed by atoms with Crippen molar-refractivity contribution in [3.63, 3.8) is 0 Å². The normalized spacial score (nSPS) is 15.9. The first-order valence-electron chi connectivity index (χ1n) is 7.05. The fourth-order valence-corrected chi connectivity index (χ4v) is 2.74. The molecule has 1 aliphatic rings. The predicted molar refractivity (Wildman–Crippen MR) is 79.8 cm³/mol. The molecule has 1 fully saturated rings. The number of anilines is 1. The van der Waals surface area contributed by atoms with Crippen LogP contribution in [0.15, 0.2) is 18.2 Å². The fourth-order valence-electron chi connectivity index (χ4n) is 2.74. The largest absolute Gasteiger partial charge is 0.351 e. The summed E-state index contributed by atoms with van der Waals surface area (Å²) in [6.07, 6.45) is 4.36. The minimum absolute atomic E-state index is 0.0287. The van der Waals surface area contributed by atoms with Crippen molar-refractivity contribution in [3.05, 3.63) is 33.9 Å². The van der Waals surface area contributed by atoms with E-state index < -0.39 is 10.8 Å². The maximum atomic E-state index is 12.3. The number of carbonyl (C=O) groups is 1. The topological polar surface area (TPSA) is 110 Å². The number of hydrogen-bond donors (Lipinski definition) is 3.